The van der Waals surface area contributed by atoms with Gasteiger partial charge in [0.2, 0.25) is 0 Å². The first-order valence-electron chi connectivity index (χ1n) is 6.71. The molecule has 0 spiro atoms. The van der Waals surface area contributed by atoms with Gasteiger partial charge in [-0.05, 0) is 60.7 Å². The molecule has 0 aliphatic rings. The molecule has 0 amide bonds. The van der Waals surface area contributed by atoms with Crippen LogP contribution in [0.25, 0.3) is 0 Å². The highest BCUT2D eigenvalue weighted by atomic mass is 19.4. The molecule has 21 heavy (non-hydrogen) atoms. The summed E-state index contributed by atoms with van der Waals surface area (Å²) in [5.74, 6) is 0. The Labute approximate surface area is 122 Å². The third kappa shape index (κ3) is 3.10. The zero-order valence-electron chi connectivity index (χ0n) is 12.3. The largest absolute Gasteiger partial charge is 0.416 e. The van der Waals surface area contributed by atoms with Crippen LogP contribution in [0.15, 0.2) is 36.4 Å². The Balaban J connectivity index is 2.45. The standard InChI is InChI=1S/C17H18F3N/c1-10-5-4-6-15(12(10)3)16(21)14-8-7-13(9-11(14)2)17(18,19)20/h4-9,16H,21H2,1-3H3. The maximum atomic E-state index is 12.7. The number of halogens is 3. The Morgan fingerprint density at radius 2 is 1.57 bits per heavy atom. The minimum absolute atomic E-state index is 0.424. The SMILES string of the molecule is Cc1cc(C(F)(F)F)ccc1C(N)c1cccc(C)c1C. The molecule has 1 unspecified atom stereocenters. The van der Waals surface area contributed by atoms with E-state index in [1.165, 1.54) is 6.07 Å². The lowest BCUT2D eigenvalue weighted by molar-refractivity contribution is -0.137. The lowest BCUT2D eigenvalue weighted by Crippen LogP contribution is -2.16. The quantitative estimate of drug-likeness (QED) is 0.855. The van der Waals surface area contributed by atoms with Crippen LogP contribution in [0.1, 0.15) is 39.4 Å². The van der Waals surface area contributed by atoms with E-state index in [-0.39, 0.29) is 0 Å². The van der Waals surface area contributed by atoms with Crippen LogP contribution < -0.4 is 5.73 Å². The topological polar surface area (TPSA) is 26.0 Å². The van der Waals surface area contributed by atoms with Gasteiger partial charge in [-0.1, -0.05) is 24.3 Å². The Hall–Kier alpha value is -1.81. The number of hydrogen-bond donors (Lipinski definition) is 1. The highest BCUT2D eigenvalue weighted by Crippen LogP contribution is 2.33. The van der Waals surface area contributed by atoms with Crippen LogP contribution in [0.4, 0.5) is 13.2 Å². The molecule has 112 valence electrons. The molecule has 0 radical (unpaired) electrons. The summed E-state index contributed by atoms with van der Waals surface area (Å²) < 4.78 is 38.1. The van der Waals surface area contributed by atoms with Gasteiger partial charge >= 0.3 is 6.18 Å². The molecule has 0 aromatic heterocycles. The molecule has 0 aliphatic heterocycles. The number of rotatable bonds is 2. The minimum atomic E-state index is -4.33. The number of alkyl halides is 3. The summed E-state index contributed by atoms with van der Waals surface area (Å²) in [5, 5.41) is 0. The maximum absolute atomic E-state index is 12.7. The van der Waals surface area contributed by atoms with Crippen molar-refractivity contribution in [2.75, 3.05) is 0 Å². The van der Waals surface area contributed by atoms with E-state index >= 15 is 0 Å². The fourth-order valence-corrected chi connectivity index (χ4v) is 2.48. The highest BCUT2D eigenvalue weighted by molar-refractivity contribution is 5.44. The summed E-state index contributed by atoms with van der Waals surface area (Å²) in [6, 6.07) is 9.12. The lowest BCUT2D eigenvalue weighted by atomic mass is 9.90. The van der Waals surface area contributed by atoms with E-state index < -0.39 is 17.8 Å². The van der Waals surface area contributed by atoms with Crippen molar-refractivity contribution in [1.29, 1.82) is 0 Å². The van der Waals surface area contributed by atoms with Crippen molar-refractivity contribution in [1.82, 2.24) is 0 Å². The Bertz CT molecular complexity index is 660. The van der Waals surface area contributed by atoms with Crippen molar-refractivity contribution in [2.45, 2.75) is 33.0 Å². The highest BCUT2D eigenvalue weighted by Gasteiger charge is 2.31. The number of aryl methyl sites for hydroxylation is 2. The fraction of sp³-hybridized carbons (Fsp3) is 0.294. The van der Waals surface area contributed by atoms with Crippen LogP contribution in [-0.4, -0.2) is 0 Å². The first-order chi connectivity index (χ1) is 9.71. The molecule has 0 saturated carbocycles. The van der Waals surface area contributed by atoms with E-state index in [0.717, 1.165) is 34.4 Å². The van der Waals surface area contributed by atoms with Crippen molar-refractivity contribution >= 4 is 0 Å². The van der Waals surface area contributed by atoms with Gasteiger partial charge in [-0.15, -0.1) is 0 Å². The van der Waals surface area contributed by atoms with Crippen LogP contribution in [-0.2, 0) is 6.18 Å². The van der Waals surface area contributed by atoms with Crippen molar-refractivity contribution in [3.05, 3.63) is 69.8 Å². The summed E-state index contributed by atoms with van der Waals surface area (Å²) >= 11 is 0. The lowest BCUT2D eigenvalue weighted by Gasteiger charge is -2.19. The summed E-state index contributed by atoms with van der Waals surface area (Å²) in [6.45, 7) is 5.63. The van der Waals surface area contributed by atoms with Gasteiger partial charge in [-0.25, -0.2) is 0 Å². The Morgan fingerprint density at radius 3 is 2.14 bits per heavy atom. The molecule has 0 aliphatic carbocycles. The van der Waals surface area contributed by atoms with Crippen LogP contribution in [0, 0.1) is 20.8 Å². The monoisotopic (exact) mass is 293 g/mol. The van der Waals surface area contributed by atoms with Gasteiger partial charge in [0.1, 0.15) is 0 Å². The second kappa shape index (κ2) is 5.53. The molecule has 2 N–H and O–H groups in total. The predicted octanol–water partition coefficient (Wildman–Crippen LogP) is 4.68. The van der Waals surface area contributed by atoms with Gasteiger partial charge in [-0.2, -0.15) is 13.2 Å². The molecule has 1 atom stereocenters. The van der Waals surface area contributed by atoms with E-state index in [1.807, 2.05) is 32.0 Å². The predicted molar refractivity (Wildman–Crippen MR) is 78.1 cm³/mol. The second-order valence-corrected chi connectivity index (χ2v) is 5.34. The summed E-state index contributed by atoms with van der Waals surface area (Å²) in [4.78, 5) is 0. The average Bonchev–Trinajstić information content (AvgIpc) is 2.40. The molecule has 0 bridgehead atoms. The number of nitrogens with two attached hydrogens (primary N) is 1. The van der Waals surface area contributed by atoms with Crippen LogP contribution >= 0.6 is 0 Å². The summed E-state index contributed by atoms with van der Waals surface area (Å²) in [7, 11) is 0. The molecular weight excluding hydrogens is 275 g/mol. The average molecular weight is 293 g/mol. The molecule has 0 fully saturated rings. The summed E-state index contributed by atoms with van der Waals surface area (Å²) in [6.07, 6.45) is -4.33. The first-order valence-corrected chi connectivity index (χ1v) is 6.71. The Morgan fingerprint density at radius 1 is 0.905 bits per heavy atom. The summed E-state index contributed by atoms with van der Waals surface area (Å²) in [5.41, 5.74) is 10.0. The second-order valence-electron chi connectivity index (χ2n) is 5.34. The van der Waals surface area contributed by atoms with Crippen molar-refractivity contribution in [2.24, 2.45) is 5.73 Å². The van der Waals surface area contributed by atoms with Crippen molar-refractivity contribution < 1.29 is 13.2 Å². The first kappa shape index (κ1) is 15.6. The molecule has 1 nitrogen and oxygen atoms in total. The Kier molecular flexibility index (Phi) is 4.10. The van der Waals surface area contributed by atoms with Gasteiger partial charge in [0, 0.05) is 0 Å². The molecule has 2 aromatic carbocycles. The molecule has 2 rings (SSSR count). The fourth-order valence-electron chi connectivity index (χ4n) is 2.48. The van der Waals surface area contributed by atoms with Gasteiger partial charge in [0.25, 0.3) is 0 Å². The number of hydrogen-bond acceptors (Lipinski definition) is 1. The minimum Gasteiger partial charge on any atom is -0.320 e. The molecular formula is C17H18F3N. The van der Waals surface area contributed by atoms with Gasteiger partial charge in [-0.3, -0.25) is 0 Å². The van der Waals surface area contributed by atoms with E-state index in [1.54, 1.807) is 6.92 Å². The van der Waals surface area contributed by atoms with Gasteiger partial charge in [0.15, 0.2) is 0 Å². The van der Waals surface area contributed by atoms with E-state index in [2.05, 4.69) is 0 Å². The third-order valence-corrected chi connectivity index (χ3v) is 3.91. The zero-order chi connectivity index (χ0) is 15.8. The van der Waals surface area contributed by atoms with Crippen molar-refractivity contribution in [3.8, 4) is 0 Å². The van der Waals surface area contributed by atoms with E-state index in [9.17, 15) is 13.2 Å². The van der Waals surface area contributed by atoms with Gasteiger partial charge < -0.3 is 5.73 Å². The van der Waals surface area contributed by atoms with Crippen LogP contribution in [0.3, 0.4) is 0 Å². The zero-order valence-corrected chi connectivity index (χ0v) is 12.3. The normalized spacial score (nSPS) is 13.3. The number of benzene rings is 2. The van der Waals surface area contributed by atoms with Gasteiger partial charge in [0.05, 0.1) is 11.6 Å². The maximum Gasteiger partial charge on any atom is 0.416 e. The van der Waals surface area contributed by atoms with Crippen LogP contribution in [0.5, 0.6) is 0 Å². The molecule has 0 heterocycles. The van der Waals surface area contributed by atoms with E-state index in [0.29, 0.717) is 5.56 Å². The van der Waals surface area contributed by atoms with E-state index in [4.69, 9.17) is 5.73 Å². The molecule has 4 heteroatoms. The van der Waals surface area contributed by atoms with Crippen LogP contribution in [0.2, 0.25) is 0 Å². The van der Waals surface area contributed by atoms with Crippen molar-refractivity contribution in [3.63, 3.8) is 0 Å². The third-order valence-electron chi connectivity index (χ3n) is 3.91. The molecule has 2 aromatic rings. The smallest absolute Gasteiger partial charge is 0.320 e. The molecule has 0 saturated heterocycles.